The molecule has 0 aliphatic carbocycles. The lowest BCUT2D eigenvalue weighted by Gasteiger charge is -2.18. The second kappa shape index (κ2) is 54.2. The summed E-state index contributed by atoms with van der Waals surface area (Å²) in [6, 6.07) is 0. The molecule has 0 aromatic heterocycles. The molecule has 6 nitrogen and oxygen atoms in total. The lowest BCUT2D eigenvalue weighted by Crippen LogP contribution is -2.30. The summed E-state index contributed by atoms with van der Waals surface area (Å²) in [5, 5.41) is 0. The highest BCUT2D eigenvalue weighted by atomic mass is 16.6. The molecule has 378 valence electrons. The zero-order valence-electron chi connectivity index (χ0n) is 43.2. The lowest BCUT2D eigenvalue weighted by molar-refractivity contribution is -0.167. The molecule has 0 unspecified atom stereocenters. The molecular weight excluding hydrogens is 817 g/mol. The number of carbonyl (C=O) groups excluding carboxylic acids is 3. The molecule has 0 amide bonds. The van der Waals surface area contributed by atoms with Gasteiger partial charge < -0.3 is 14.2 Å². The van der Waals surface area contributed by atoms with Gasteiger partial charge in [0.05, 0.1) is 0 Å². The van der Waals surface area contributed by atoms with E-state index in [0.29, 0.717) is 19.3 Å². The van der Waals surface area contributed by atoms with Gasteiger partial charge in [0.1, 0.15) is 13.2 Å². The van der Waals surface area contributed by atoms with Crippen molar-refractivity contribution in [1.82, 2.24) is 0 Å². The van der Waals surface area contributed by atoms with E-state index in [9.17, 15) is 14.4 Å². The average molecular weight is 919 g/mol. The van der Waals surface area contributed by atoms with Crippen LogP contribution in [0.4, 0.5) is 0 Å². The van der Waals surface area contributed by atoms with E-state index in [-0.39, 0.29) is 31.1 Å². The van der Waals surface area contributed by atoms with Crippen molar-refractivity contribution in [2.75, 3.05) is 13.2 Å². The SMILES string of the molecule is CCCCC/C=C\C/C=C\C/C=C\CCCCCCCCC(=O)OC[C@@H](COC(=O)CCCCCCC/C=C\CCCCC)OC(=O)CCCCCC/C=C\C/C=C\C/C=C\CCCCC. The molecule has 0 radical (unpaired) electrons. The Bertz CT molecular complexity index is 1290. The third kappa shape index (κ3) is 51.6. The first-order valence-electron chi connectivity index (χ1n) is 27.6. The molecule has 0 aliphatic rings. The molecule has 0 saturated carbocycles. The van der Waals surface area contributed by atoms with E-state index in [1.807, 2.05) is 0 Å². The van der Waals surface area contributed by atoms with Crippen LogP contribution < -0.4 is 0 Å². The summed E-state index contributed by atoms with van der Waals surface area (Å²) < 4.78 is 16.8. The summed E-state index contributed by atoms with van der Waals surface area (Å²) in [6.07, 6.45) is 69.9. The quantitative estimate of drug-likeness (QED) is 0.0262. The van der Waals surface area contributed by atoms with Gasteiger partial charge in [0.15, 0.2) is 6.10 Å². The van der Waals surface area contributed by atoms with Gasteiger partial charge in [0.2, 0.25) is 0 Å². The molecule has 0 aromatic carbocycles. The highest BCUT2D eigenvalue weighted by molar-refractivity contribution is 5.71. The minimum absolute atomic E-state index is 0.0948. The fraction of sp³-hybridized carbons (Fsp3) is 0.717. The van der Waals surface area contributed by atoms with Crippen LogP contribution >= 0.6 is 0 Å². The van der Waals surface area contributed by atoms with Crippen LogP contribution in [0, 0.1) is 0 Å². The van der Waals surface area contributed by atoms with E-state index in [2.05, 4.69) is 106 Å². The first kappa shape index (κ1) is 62.6. The summed E-state index contributed by atoms with van der Waals surface area (Å²) in [4.78, 5) is 38.1. The van der Waals surface area contributed by atoms with Crippen molar-refractivity contribution >= 4 is 17.9 Å². The molecule has 0 aliphatic heterocycles. The van der Waals surface area contributed by atoms with E-state index in [4.69, 9.17) is 14.2 Å². The number of esters is 3. The Morgan fingerprint density at radius 1 is 0.303 bits per heavy atom. The van der Waals surface area contributed by atoms with Crippen molar-refractivity contribution in [1.29, 1.82) is 0 Å². The Kier molecular flexibility index (Phi) is 51.4. The first-order valence-corrected chi connectivity index (χ1v) is 27.6. The van der Waals surface area contributed by atoms with Gasteiger partial charge in [-0.15, -0.1) is 0 Å². The Balaban J connectivity index is 4.44. The zero-order valence-corrected chi connectivity index (χ0v) is 43.2. The summed E-state index contributed by atoms with van der Waals surface area (Å²) in [5.74, 6) is -0.936. The van der Waals surface area contributed by atoms with Gasteiger partial charge in [-0.05, 0) is 122 Å². The molecule has 0 N–H and O–H groups in total. The number of hydrogen-bond acceptors (Lipinski definition) is 6. The maximum atomic E-state index is 12.8. The molecule has 0 heterocycles. The smallest absolute Gasteiger partial charge is 0.306 e. The molecular formula is C60H102O6. The zero-order chi connectivity index (χ0) is 47.9. The molecule has 6 heteroatoms. The second-order valence-electron chi connectivity index (χ2n) is 18.1. The van der Waals surface area contributed by atoms with E-state index >= 15 is 0 Å². The highest BCUT2D eigenvalue weighted by Crippen LogP contribution is 2.13. The van der Waals surface area contributed by atoms with Crippen molar-refractivity contribution in [2.24, 2.45) is 0 Å². The number of ether oxygens (including phenoxy) is 3. The minimum atomic E-state index is -0.797. The van der Waals surface area contributed by atoms with Crippen LogP contribution in [0.25, 0.3) is 0 Å². The normalized spacial score (nSPS) is 12.7. The Morgan fingerprint density at radius 3 is 0.864 bits per heavy atom. The van der Waals surface area contributed by atoms with Crippen molar-refractivity contribution in [2.45, 2.75) is 264 Å². The first-order chi connectivity index (χ1) is 32.5. The van der Waals surface area contributed by atoms with Crippen molar-refractivity contribution < 1.29 is 28.6 Å². The number of allylic oxidation sites excluding steroid dienone is 14. The number of rotatable bonds is 49. The Hall–Kier alpha value is -3.41. The predicted molar refractivity (Wildman–Crippen MR) is 284 cm³/mol. The van der Waals surface area contributed by atoms with Gasteiger partial charge in [0.25, 0.3) is 0 Å². The van der Waals surface area contributed by atoms with Crippen molar-refractivity contribution in [3.63, 3.8) is 0 Å². The largest absolute Gasteiger partial charge is 0.462 e. The summed E-state index contributed by atoms with van der Waals surface area (Å²) in [7, 11) is 0. The molecule has 66 heavy (non-hydrogen) atoms. The average Bonchev–Trinajstić information content (AvgIpc) is 3.31. The monoisotopic (exact) mass is 919 g/mol. The van der Waals surface area contributed by atoms with Crippen LogP contribution in [0.15, 0.2) is 85.1 Å². The predicted octanol–water partition coefficient (Wildman–Crippen LogP) is 18.4. The van der Waals surface area contributed by atoms with Crippen LogP contribution in [0.2, 0.25) is 0 Å². The van der Waals surface area contributed by atoms with E-state index in [0.717, 1.165) is 109 Å². The lowest BCUT2D eigenvalue weighted by atomic mass is 10.1. The van der Waals surface area contributed by atoms with E-state index in [1.165, 1.54) is 109 Å². The molecule has 0 rings (SSSR count). The summed E-state index contributed by atoms with van der Waals surface area (Å²) in [6.45, 7) is 6.52. The van der Waals surface area contributed by atoms with Gasteiger partial charge in [-0.2, -0.15) is 0 Å². The topological polar surface area (TPSA) is 78.9 Å². The molecule has 0 aromatic rings. The highest BCUT2D eigenvalue weighted by Gasteiger charge is 2.19. The standard InChI is InChI=1S/C60H102O6/c1-4-7-10-13-16-19-22-25-27-29-30-32-33-35-38-41-44-47-50-53-59(62)65-56-57(55-64-58(61)52-49-46-43-40-37-24-21-18-15-12-9-6-3)66-60(63)54-51-48-45-42-39-36-34-31-28-26-23-20-17-14-11-8-5-2/h16-21,25-28,30,32,34,36,57H,4-15,22-24,29,31,33,35,37-56H2,1-3H3/b19-16-,20-17-,21-18-,27-25-,28-26-,32-30-,36-34-/t57-/m1/s1. The van der Waals surface area contributed by atoms with Gasteiger partial charge in [-0.1, -0.05) is 202 Å². The fourth-order valence-corrected chi connectivity index (χ4v) is 7.39. The Labute approximate surface area is 407 Å². The van der Waals surface area contributed by atoms with Crippen LogP contribution in [0.3, 0.4) is 0 Å². The summed E-state index contributed by atoms with van der Waals surface area (Å²) in [5.41, 5.74) is 0. The molecule has 0 saturated heterocycles. The van der Waals surface area contributed by atoms with Crippen LogP contribution in [0.5, 0.6) is 0 Å². The van der Waals surface area contributed by atoms with Crippen LogP contribution in [-0.4, -0.2) is 37.2 Å². The third-order valence-corrected chi connectivity index (χ3v) is 11.6. The molecule has 1 atom stereocenters. The van der Waals surface area contributed by atoms with Crippen molar-refractivity contribution in [3.05, 3.63) is 85.1 Å². The molecule has 0 spiro atoms. The maximum absolute atomic E-state index is 12.8. The van der Waals surface area contributed by atoms with Gasteiger partial charge in [-0.3, -0.25) is 14.4 Å². The van der Waals surface area contributed by atoms with Gasteiger partial charge >= 0.3 is 17.9 Å². The van der Waals surface area contributed by atoms with Gasteiger partial charge in [-0.25, -0.2) is 0 Å². The third-order valence-electron chi connectivity index (χ3n) is 11.6. The van der Waals surface area contributed by atoms with Crippen molar-refractivity contribution in [3.8, 4) is 0 Å². The van der Waals surface area contributed by atoms with Gasteiger partial charge in [0, 0.05) is 19.3 Å². The van der Waals surface area contributed by atoms with Crippen LogP contribution in [-0.2, 0) is 28.6 Å². The number of carbonyl (C=O) groups is 3. The summed E-state index contributed by atoms with van der Waals surface area (Å²) >= 11 is 0. The molecule has 0 bridgehead atoms. The number of hydrogen-bond donors (Lipinski definition) is 0. The maximum Gasteiger partial charge on any atom is 0.306 e. The van der Waals surface area contributed by atoms with Crippen LogP contribution in [0.1, 0.15) is 258 Å². The number of unbranched alkanes of at least 4 members (excludes halogenated alkanes) is 24. The molecule has 0 fully saturated rings. The van der Waals surface area contributed by atoms with E-state index in [1.54, 1.807) is 0 Å². The van der Waals surface area contributed by atoms with E-state index < -0.39 is 6.10 Å². The second-order valence-corrected chi connectivity index (χ2v) is 18.1. The Morgan fingerprint density at radius 2 is 0.545 bits per heavy atom. The fourth-order valence-electron chi connectivity index (χ4n) is 7.39. The minimum Gasteiger partial charge on any atom is -0.462 e.